The summed E-state index contributed by atoms with van der Waals surface area (Å²) in [6.07, 6.45) is 5.58. The van der Waals surface area contributed by atoms with Gasteiger partial charge in [0.05, 0.1) is 5.69 Å². The molecule has 0 unspecified atom stereocenters. The summed E-state index contributed by atoms with van der Waals surface area (Å²) < 4.78 is 1.86. The van der Waals surface area contributed by atoms with Crippen molar-refractivity contribution in [3.8, 4) is 11.3 Å². The third-order valence-electron chi connectivity index (χ3n) is 2.77. The minimum absolute atomic E-state index is 1.09. The molecule has 0 aliphatic rings. The largest absolute Gasteiger partial charge is 0.268 e. The molecule has 0 saturated heterocycles. The third-order valence-corrected chi connectivity index (χ3v) is 2.77. The second-order valence-electron chi connectivity index (χ2n) is 3.75. The van der Waals surface area contributed by atoms with Crippen molar-refractivity contribution in [2.45, 2.75) is 0 Å². The number of aromatic nitrogens is 3. The fourth-order valence-corrected chi connectivity index (χ4v) is 1.96. The summed E-state index contributed by atoms with van der Waals surface area (Å²) in [6, 6.07) is 10.3. The van der Waals surface area contributed by atoms with Gasteiger partial charge < -0.3 is 0 Å². The van der Waals surface area contributed by atoms with E-state index in [2.05, 4.69) is 22.2 Å². The number of pyridine rings is 1. The molecule has 0 spiro atoms. The van der Waals surface area contributed by atoms with Gasteiger partial charge in [0.25, 0.3) is 0 Å². The number of benzene rings is 1. The van der Waals surface area contributed by atoms with E-state index in [0.29, 0.717) is 0 Å². The predicted octanol–water partition coefficient (Wildman–Crippen LogP) is 2.64. The molecule has 2 heterocycles. The molecule has 2 aromatic heterocycles. The average molecular weight is 209 g/mol. The first-order valence-corrected chi connectivity index (χ1v) is 5.17. The van der Waals surface area contributed by atoms with Gasteiger partial charge >= 0.3 is 0 Å². The fraction of sp³-hybridized carbons (Fsp3) is 0.0769. The summed E-state index contributed by atoms with van der Waals surface area (Å²) in [7, 11) is 1.94. The van der Waals surface area contributed by atoms with Crippen LogP contribution in [-0.2, 0) is 7.05 Å². The minimum Gasteiger partial charge on any atom is -0.268 e. The van der Waals surface area contributed by atoms with Crippen molar-refractivity contribution in [1.82, 2.24) is 14.8 Å². The highest BCUT2D eigenvalue weighted by Crippen LogP contribution is 2.26. The Bertz CT molecular complexity index is 635. The van der Waals surface area contributed by atoms with Crippen molar-refractivity contribution in [2.24, 2.45) is 7.05 Å². The maximum Gasteiger partial charge on any atom is 0.0700 e. The van der Waals surface area contributed by atoms with Crippen LogP contribution in [0.5, 0.6) is 0 Å². The second kappa shape index (κ2) is 3.45. The third kappa shape index (κ3) is 1.29. The number of rotatable bonds is 1. The molecular weight excluding hydrogens is 198 g/mol. The molecule has 0 aliphatic heterocycles. The molecule has 3 rings (SSSR count). The number of hydrogen-bond acceptors (Lipinski definition) is 2. The smallest absolute Gasteiger partial charge is 0.0700 e. The van der Waals surface area contributed by atoms with Gasteiger partial charge in [0.15, 0.2) is 0 Å². The lowest BCUT2D eigenvalue weighted by molar-refractivity contribution is 0.776. The topological polar surface area (TPSA) is 30.7 Å². The van der Waals surface area contributed by atoms with E-state index in [1.54, 1.807) is 6.20 Å². The zero-order chi connectivity index (χ0) is 11.0. The SMILES string of the molecule is Cn1nccc1-c1cncc2ccccc12. The first-order valence-electron chi connectivity index (χ1n) is 5.17. The monoisotopic (exact) mass is 209 g/mol. The van der Waals surface area contributed by atoms with Gasteiger partial charge in [0.2, 0.25) is 0 Å². The van der Waals surface area contributed by atoms with E-state index in [1.165, 1.54) is 5.39 Å². The van der Waals surface area contributed by atoms with Crippen LogP contribution < -0.4 is 0 Å². The number of nitrogens with zero attached hydrogens (tertiary/aromatic N) is 3. The summed E-state index contributed by atoms with van der Waals surface area (Å²) in [5.74, 6) is 0. The van der Waals surface area contributed by atoms with Crippen LogP contribution in [0.1, 0.15) is 0 Å². The van der Waals surface area contributed by atoms with E-state index in [4.69, 9.17) is 0 Å². The van der Waals surface area contributed by atoms with E-state index < -0.39 is 0 Å². The number of aryl methyl sites for hydroxylation is 1. The Kier molecular flexibility index (Phi) is 1.96. The number of hydrogen-bond donors (Lipinski definition) is 0. The van der Waals surface area contributed by atoms with Crippen LogP contribution in [0.2, 0.25) is 0 Å². The van der Waals surface area contributed by atoms with Gasteiger partial charge in [-0.3, -0.25) is 9.67 Å². The maximum atomic E-state index is 4.27. The Balaban J connectivity index is 2.36. The highest BCUT2D eigenvalue weighted by Gasteiger charge is 2.06. The molecule has 0 saturated carbocycles. The average Bonchev–Trinajstić information content (AvgIpc) is 2.75. The van der Waals surface area contributed by atoms with Gasteiger partial charge in [-0.1, -0.05) is 24.3 Å². The Labute approximate surface area is 93.4 Å². The maximum absolute atomic E-state index is 4.27. The summed E-state index contributed by atoms with van der Waals surface area (Å²) >= 11 is 0. The van der Waals surface area contributed by atoms with Crippen molar-refractivity contribution in [3.05, 3.63) is 48.9 Å². The van der Waals surface area contributed by atoms with Gasteiger partial charge in [0.1, 0.15) is 0 Å². The molecule has 16 heavy (non-hydrogen) atoms. The fourth-order valence-electron chi connectivity index (χ4n) is 1.96. The van der Waals surface area contributed by atoms with Crippen molar-refractivity contribution in [2.75, 3.05) is 0 Å². The molecular formula is C13H11N3. The summed E-state index contributed by atoms with van der Waals surface area (Å²) in [6.45, 7) is 0. The van der Waals surface area contributed by atoms with Crippen molar-refractivity contribution in [3.63, 3.8) is 0 Å². The lowest BCUT2D eigenvalue weighted by Crippen LogP contribution is -1.94. The van der Waals surface area contributed by atoms with Gasteiger partial charge in [-0.05, 0) is 11.5 Å². The first-order chi connectivity index (χ1) is 7.86. The lowest BCUT2D eigenvalue weighted by Gasteiger charge is -2.05. The first kappa shape index (κ1) is 9.09. The van der Waals surface area contributed by atoms with Crippen molar-refractivity contribution < 1.29 is 0 Å². The molecule has 0 radical (unpaired) electrons. The molecule has 0 N–H and O–H groups in total. The Morgan fingerprint density at radius 2 is 1.94 bits per heavy atom. The van der Waals surface area contributed by atoms with Gasteiger partial charge in [-0.25, -0.2) is 0 Å². The molecule has 0 bridgehead atoms. The lowest BCUT2D eigenvalue weighted by atomic mass is 10.1. The van der Waals surface area contributed by atoms with Gasteiger partial charge in [-0.15, -0.1) is 0 Å². The predicted molar refractivity (Wildman–Crippen MR) is 63.9 cm³/mol. The molecule has 0 amide bonds. The summed E-state index contributed by atoms with van der Waals surface area (Å²) in [5, 5.41) is 6.55. The quantitative estimate of drug-likeness (QED) is 0.616. The normalized spacial score (nSPS) is 10.8. The Morgan fingerprint density at radius 3 is 2.75 bits per heavy atom. The highest BCUT2D eigenvalue weighted by atomic mass is 15.3. The van der Waals surface area contributed by atoms with Gasteiger partial charge in [-0.2, -0.15) is 5.10 Å². The van der Waals surface area contributed by atoms with Crippen LogP contribution in [0.25, 0.3) is 22.0 Å². The standard InChI is InChI=1S/C13H11N3/c1-16-13(6-7-15-16)12-9-14-8-10-4-2-3-5-11(10)12/h2-9H,1H3. The summed E-state index contributed by atoms with van der Waals surface area (Å²) in [4.78, 5) is 4.27. The van der Waals surface area contributed by atoms with Crippen molar-refractivity contribution in [1.29, 1.82) is 0 Å². The molecule has 1 aromatic carbocycles. The van der Waals surface area contributed by atoms with E-state index in [1.807, 2.05) is 42.3 Å². The van der Waals surface area contributed by atoms with E-state index in [-0.39, 0.29) is 0 Å². The van der Waals surface area contributed by atoms with E-state index in [9.17, 15) is 0 Å². The second-order valence-corrected chi connectivity index (χ2v) is 3.75. The number of fused-ring (bicyclic) bond motifs is 1. The van der Waals surface area contributed by atoms with Crippen LogP contribution in [-0.4, -0.2) is 14.8 Å². The Morgan fingerprint density at radius 1 is 1.06 bits per heavy atom. The highest BCUT2D eigenvalue weighted by molar-refractivity contribution is 5.94. The molecule has 0 fully saturated rings. The van der Waals surface area contributed by atoms with Crippen LogP contribution in [0.15, 0.2) is 48.9 Å². The van der Waals surface area contributed by atoms with Crippen LogP contribution >= 0.6 is 0 Å². The molecule has 3 heteroatoms. The molecule has 78 valence electrons. The zero-order valence-corrected chi connectivity index (χ0v) is 8.96. The van der Waals surface area contributed by atoms with Crippen LogP contribution in [0.3, 0.4) is 0 Å². The molecule has 0 atom stereocenters. The van der Waals surface area contributed by atoms with Crippen molar-refractivity contribution >= 4 is 10.8 Å². The molecule has 3 aromatic rings. The zero-order valence-electron chi connectivity index (χ0n) is 8.96. The summed E-state index contributed by atoms with van der Waals surface area (Å²) in [5.41, 5.74) is 2.21. The van der Waals surface area contributed by atoms with Crippen LogP contribution in [0.4, 0.5) is 0 Å². The molecule has 3 nitrogen and oxygen atoms in total. The van der Waals surface area contributed by atoms with Crippen LogP contribution in [0, 0.1) is 0 Å². The van der Waals surface area contributed by atoms with Gasteiger partial charge in [0, 0.05) is 36.6 Å². The molecule has 0 aliphatic carbocycles. The van der Waals surface area contributed by atoms with E-state index >= 15 is 0 Å². The van der Waals surface area contributed by atoms with E-state index in [0.717, 1.165) is 16.6 Å². The minimum atomic E-state index is 1.09. The Hall–Kier alpha value is -2.16.